The van der Waals surface area contributed by atoms with E-state index in [1.54, 1.807) is 6.07 Å². The Balaban J connectivity index is 1.37. The normalized spacial score (nSPS) is 21.4. The van der Waals surface area contributed by atoms with E-state index in [0.717, 1.165) is 42.0 Å². The Bertz CT molecular complexity index is 1190. The molecule has 0 spiro atoms. The van der Waals surface area contributed by atoms with Gasteiger partial charge in [-0.3, -0.25) is 14.7 Å². The fourth-order valence-electron chi connectivity index (χ4n) is 5.55. The number of halogens is 1. The Kier molecular flexibility index (Phi) is 9.05. The molecule has 0 radical (unpaired) electrons. The summed E-state index contributed by atoms with van der Waals surface area (Å²) in [7, 11) is 0. The van der Waals surface area contributed by atoms with Crippen molar-refractivity contribution in [3.8, 4) is 11.5 Å². The fourth-order valence-corrected chi connectivity index (χ4v) is 6.65. The lowest BCUT2D eigenvalue weighted by atomic mass is 9.94. The monoisotopic (exact) mass is 536 g/mol. The van der Waals surface area contributed by atoms with Crippen LogP contribution in [0.4, 0.5) is 4.39 Å². The van der Waals surface area contributed by atoms with Gasteiger partial charge in [-0.25, -0.2) is 4.39 Å². The minimum atomic E-state index is -0.287. The van der Waals surface area contributed by atoms with Crippen LogP contribution in [0.15, 0.2) is 52.4 Å². The summed E-state index contributed by atoms with van der Waals surface area (Å²) in [5.41, 5.74) is 1.63. The maximum absolute atomic E-state index is 13.7. The first-order valence-corrected chi connectivity index (χ1v) is 14.9. The lowest BCUT2D eigenvalue weighted by Gasteiger charge is -2.31. The number of aliphatic imine (C=N–C) groups is 1. The summed E-state index contributed by atoms with van der Waals surface area (Å²) in [4.78, 5) is 21.5. The summed E-state index contributed by atoms with van der Waals surface area (Å²) < 4.78 is 25.4. The molecule has 38 heavy (non-hydrogen) atoms. The smallest absolute Gasteiger partial charge is 0.266 e. The van der Waals surface area contributed by atoms with Crippen LogP contribution in [-0.4, -0.2) is 34.7 Å². The molecule has 7 heteroatoms. The van der Waals surface area contributed by atoms with E-state index >= 15 is 0 Å². The van der Waals surface area contributed by atoms with Crippen LogP contribution in [0.1, 0.15) is 82.3 Å². The van der Waals surface area contributed by atoms with E-state index in [-0.39, 0.29) is 24.4 Å². The molecule has 5 nitrogen and oxygen atoms in total. The van der Waals surface area contributed by atoms with E-state index in [2.05, 4.69) is 0 Å². The molecule has 1 heterocycles. The molecule has 0 aromatic heterocycles. The van der Waals surface area contributed by atoms with Crippen molar-refractivity contribution in [1.82, 2.24) is 4.90 Å². The second-order valence-corrected chi connectivity index (χ2v) is 11.3. The molecule has 3 fully saturated rings. The van der Waals surface area contributed by atoms with E-state index in [1.165, 1.54) is 62.4 Å². The predicted octanol–water partition coefficient (Wildman–Crippen LogP) is 7.74. The van der Waals surface area contributed by atoms with Crippen LogP contribution in [0.25, 0.3) is 6.08 Å². The fraction of sp³-hybridized carbons (Fsp3) is 0.484. The lowest BCUT2D eigenvalue weighted by Crippen LogP contribution is -2.41. The van der Waals surface area contributed by atoms with Gasteiger partial charge in [0.2, 0.25) is 0 Å². The van der Waals surface area contributed by atoms with Gasteiger partial charge in [0, 0.05) is 6.04 Å². The molecule has 0 atom stereocenters. The highest BCUT2D eigenvalue weighted by Gasteiger charge is 2.39. The first-order valence-electron chi connectivity index (χ1n) is 14.1. The van der Waals surface area contributed by atoms with Gasteiger partial charge in [0.1, 0.15) is 12.4 Å². The van der Waals surface area contributed by atoms with Gasteiger partial charge in [0.25, 0.3) is 5.91 Å². The third-order valence-electron chi connectivity index (χ3n) is 7.49. The number of hydrogen-bond donors (Lipinski definition) is 0. The highest BCUT2D eigenvalue weighted by Crippen LogP contribution is 2.39. The Morgan fingerprint density at radius 1 is 0.974 bits per heavy atom. The molecule has 2 saturated carbocycles. The minimum Gasteiger partial charge on any atom is -0.490 e. The average molecular weight is 537 g/mol. The molecule has 0 N–H and O–H groups in total. The van der Waals surface area contributed by atoms with Gasteiger partial charge in [-0.2, -0.15) is 0 Å². The van der Waals surface area contributed by atoms with Gasteiger partial charge < -0.3 is 9.47 Å². The van der Waals surface area contributed by atoms with Gasteiger partial charge in [0.05, 0.1) is 17.6 Å². The number of thioether (sulfide) groups is 1. The molecule has 2 aliphatic carbocycles. The molecule has 2 aromatic rings. The number of carbonyl (C=O) groups is 1. The number of hydrogen-bond acceptors (Lipinski definition) is 5. The molecule has 2 aromatic carbocycles. The predicted molar refractivity (Wildman–Crippen MR) is 152 cm³/mol. The van der Waals surface area contributed by atoms with Crippen molar-refractivity contribution < 1.29 is 18.7 Å². The summed E-state index contributed by atoms with van der Waals surface area (Å²) in [5.74, 6) is 0.979. The van der Waals surface area contributed by atoms with Crippen LogP contribution in [0.2, 0.25) is 0 Å². The standard InChI is InChI=1S/C31H37FN2O3S/c1-2-36-28-19-22(16-17-27(28)37-21-23-10-9-11-24(32)18-23)20-29-30(35)34(26-14-7-4-8-15-26)31(38-29)33-25-12-5-3-6-13-25/h9-11,16-20,25-26H,2-8,12-15,21H2,1H3. The number of ether oxygens (including phenoxy) is 2. The number of amides is 1. The zero-order valence-corrected chi connectivity index (χ0v) is 23.0. The molecule has 1 saturated heterocycles. The maximum atomic E-state index is 13.7. The van der Waals surface area contributed by atoms with Crippen molar-refractivity contribution in [3.63, 3.8) is 0 Å². The Morgan fingerprint density at radius 3 is 2.47 bits per heavy atom. The first-order chi connectivity index (χ1) is 18.6. The van der Waals surface area contributed by atoms with Gasteiger partial charge >= 0.3 is 0 Å². The lowest BCUT2D eigenvalue weighted by molar-refractivity contribution is -0.124. The molecule has 0 bridgehead atoms. The summed E-state index contributed by atoms with van der Waals surface area (Å²) >= 11 is 1.52. The highest BCUT2D eigenvalue weighted by atomic mass is 32.2. The van der Waals surface area contributed by atoms with Crippen molar-refractivity contribution in [2.45, 2.75) is 89.8 Å². The minimum absolute atomic E-state index is 0.0702. The second-order valence-electron chi connectivity index (χ2n) is 10.3. The first kappa shape index (κ1) is 26.8. The number of nitrogens with zero attached hydrogens (tertiary/aromatic N) is 2. The SMILES string of the molecule is CCOc1cc(C=C2SC(=NC3CCCCC3)N(C3CCCCC3)C2=O)ccc1OCc1cccc(F)c1. The van der Waals surface area contributed by atoms with Crippen LogP contribution in [0, 0.1) is 5.82 Å². The third kappa shape index (κ3) is 6.60. The van der Waals surface area contributed by atoms with Crippen molar-refractivity contribution in [3.05, 3.63) is 64.3 Å². The summed E-state index contributed by atoms with van der Waals surface area (Å²) in [5, 5.41) is 0.889. The van der Waals surface area contributed by atoms with Crippen LogP contribution in [0.5, 0.6) is 11.5 Å². The van der Waals surface area contributed by atoms with E-state index in [0.29, 0.717) is 29.1 Å². The Morgan fingerprint density at radius 2 is 1.74 bits per heavy atom. The topological polar surface area (TPSA) is 51.1 Å². The molecular formula is C31H37FN2O3S. The zero-order chi connectivity index (χ0) is 26.3. The highest BCUT2D eigenvalue weighted by molar-refractivity contribution is 8.18. The molecule has 1 aliphatic heterocycles. The van der Waals surface area contributed by atoms with Crippen LogP contribution in [-0.2, 0) is 11.4 Å². The van der Waals surface area contributed by atoms with Crippen molar-refractivity contribution in [2.24, 2.45) is 4.99 Å². The number of amidine groups is 1. The van der Waals surface area contributed by atoms with Gasteiger partial charge in [-0.1, -0.05) is 56.7 Å². The Labute approximate surface area is 229 Å². The van der Waals surface area contributed by atoms with Gasteiger partial charge in [0.15, 0.2) is 16.7 Å². The largest absolute Gasteiger partial charge is 0.490 e. The number of benzene rings is 2. The number of carbonyl (C=O) groups excluding carboxylic acids is 1. The Hall–Kier alpha value is -2.80. The molecule has 1 amide bonds. The molecule has 5 rings (SSSR count). The molecule has 3 aliphatic rings. The molecule has 0 unspecified atom stereocenters. The van der Waals surface area contributed by atoms with E-state index in [9.17, 15) is 9.18 Å². The van der Waals surface area contributed by atoms with Gasteiger partial charge in [-0.15, -0.1) is 0 Å². The summed E-state index contributed by atoms with van der Waals surface area (Å²) in [6.45, 7) is 2.65. The van der Waals surface area contributed by atoms with Crippen LogP contribution in [0.3, 0.4) is 0 Å². The zero-order valence-electron chi connectivity index (χ0n) is 22.2. The van der Waals surface area contributed by atoms with Crippen LogP contribution < -0.4 is 9.47 Å². The molecular weight excluding hydrogens is 499 g/mol. The van der Waals surface area contributed by atoms with E-state index in [4.69, 9.17) is 14.5 Å². The third-order valence-corrected chi connectivity index (χ3v) is 8.49. The quantitative estimate of drug-likeness (QED) is 0.324. The van der Waals surface area contributed by atoms with Crippen LogP contribution >= 0.6 is 11.8 Å². The second kappa shape index (κ2) is 12.8. The van der Waals surface area contributed by atoms with Gasteiger partial charge in [-0.05, 0) is 85.8 Å². The van der Waals surface area contributed by atoms with Crippen molar-refractivity contribution in [1.29, 1.82) is 0 Å². The average Bonchev–Trinajstić information content (AvgIpc) is 3.23. The summed E-state index contributed by atoms with van der Waals surface area (Å²) in [6, 6.07) is 12.7. The maximum Gasteiger partial charge on any atom is 0.266 e. The van der Waals surface area contributed by atoms with E-state index in [1.807, 2.05) is 42.2 Å². The van der Waals surface area contributed by atoms with Crippen molar-refractivity contribution in [2.75, 3.05) is 6.61 Å². The van der Waals surface area contributed by atoms with E-state index < -0.39 is 0 Å². The van der Waals surface area contributed by atoms with Crippen molar-refractivity contribution >= 4 is 28.9 Å². The summed E-state index contributed by atoms with van der Waals surface area (Å²) in [6.07, 6.45) is 13.6. The number of rotatable bonds is 8. The molecule has 202 valence electrons.